The highest BCUT2D eigenvalue weighted by Crippen LogP contribution is 2.22. The quantitative estimate of drug-likeness (QED) is 0.905. The minimum Gasteiger partial charge on any atom is -0.478 e. The van der Waals surface area contributed by atoms with Crippen molar-refractivity contribution in [2.75, 3.05) is 13.1 Å². The molecule has 5 heteroatoms. The number of nitrogens with zero attached hydrogens (tertiary/aromatic N) is 1. The Labute approximate surface area is 123 Å². The third-order valence-electron chi connectivity index (χ3n) is 3.43. The molecule has 2 rings (SSSR count). The summed E-state index contributed by atoms with van der Waals surface area (Å²) >= 11 is 0. The van der Waals surface area contributed by atoms with Gasteiger partial charge in [0, 0.05) is 6.54 Å². The lowest BCUT2D eigenvalue weighted by molar-refractivity contribution is -0.132. The highest BCUT2D eigenvalue weighted by molar-refractivity contribution is 5.90. The zero-order valence-electron chi connectivity index (χ0n) is 12.0. The molecule has 0 saturated carbocycles. The lowest BCUT2D eigenvalue weighted by Crippen LogP contribution is -2.30. The minimum absolute atomic E-state index is 0.123. The lowest BCUT2D eigenvalue weighted by Gasteiger charge is -2.16. The van der Waals surface area contributed by atoms with Crippen LogP contribution in [0.5, 0.6) is 0 Å². The molecule has 5 nitrogen and oxygen atoms in total. The highest BCUT2D eigenvalue weighted by atomic mass is 16.6. The van der Waals surface area contributed by atoms with Crippen LogP contribution >= 0.6 is 0 Å². The van der Waals surface area contributed by atoms with E-state index in [1.165, 1.54) is 4.90 Å². The van der Waals surface area contributed by atoms with E-state index in [-0.39, 0.29) is 13.2 Å². The largest absolute Gasteiger partial charge is 0.478 e. The molecule has 1 amide bonds. The molecule has 0 unspecified atom stereocenters. The number of aliphatic carboxylic acids is 1. The number of carboxylic acid groups (broad SMARTS) is 1. The summed E-state index contributed by atoms with van der Waals surface area (Å²) in [7, 11) is 0. The molecule has 1 aliphatic rings. The molecule has 0 atom stereocenters. The minimum atomic E-state index is -0.947. The Morgan fingerprint density at radius 3 is 2.57 bits per heavy atom. The van der Waals surface area contributed by atoms with E-state index in [0.29, 0.717) is 18.5 Å². The van der Waals surface area contributed by atoms with Crippen LogP contribution in [-0.4, -0.2) is 35.2 Å². The van der Waals surface area contributed by atoms with Crippen molar-refractivity contribution < 1.29 is 19.4 Å². The summed E-state index contributed by atoms with van der Waals surface area (Å²) in [5.74, 6) is -0.947. The Balaban J connectivity index is 1.92. The molecule has 112 valence electrons. The Morgan fingerprint density at radius 1 is 1.24 bits per heavy atom. The zero-order chi connectivity index (χ0) is 15.2. The van der Waals surface area contributed by atoms with Gasteiger partial charge in [-0.15, -0.1) is 0 Å². The summed E-state index contributed by atoms with van der Waals surface area (Å²) in [6.07, 6.45) is 1.09. The van der Waals surface area contributed by atoms with Gasteiger partial charge in [-0.05, 0) is 17.6 Å². The fourth-order valence-corrected chi connectivity index (χ4v) is 2.37. The molecule has 0 radical (unpaired) electrons. The molecule has 1 aromatic rings. The number of carbonyl (C=O) groups is 2. The van der Waals surface area contributed by atoms with E-state index in [0.717, 1.165) is 17.6 Å². The summed E-state index contributed by atoms with van der Waals surface area (Å²) in [4.78, 5) is 24.7. The van der Waals surface area contributed by atoms with Crippen LogP contribution in [0.25, 0.3) is 0 Å². The highest BCUT2D eigenvalue weighted by Gasteiger charge is 2.29. The van der Waals surface area contributed by atoms with Crippen LogP contribution in [0.1, 0.15) is 25.3 Å². The number of ether oxygens (including phenoxy) is 1. The van der Waals surface area contributed by atoms with Crippen molar-refractivity contribution in [1.29, 1.82) is 0 Å². The maximum atomic E-state index is 12.0. The van der Waals surface area contributed by atoms with Crippen molar-refractivity contribution in [1.82, 2.24) is 4.90 Å². The Hall–Kier alpha value is -2.30. The van der Waals surface area contributed by atoms with Crippen molar-refractivity contribution in [3.63, 3.8) is 0 Å². The van der Waals surface area contributed by atoms with E-state index in [4.69, 9.17) is 4.74 Å². The Kier molecular flexibility index (Phi) is 4.98. The van der Waals surface area contributed by atoms with Crippen molar-refractivity contribution >= 4 is 12.1 Å². The molecule has 1 N–H and O–H groups in total. The molecule has 0 aliphatic carbocycles. The second kappa shape index (κ2) is 6.92. The molecular weight excluding hydrogens is 270 g/mol. The molecule has 1 aliphatic heterocycles. The van der Waals surface area contributed by atoms with Crippen LogP contribution in [0.2, 0.25) is 0 Å². The van der Waals surface area contributed by atoms with Gasteiger partial charge in [0.2, 0.25) is 0 Å². The first-order valence-corrected chi connectivity index (χ1v) is 7.01. The SMILES string of the molecule is CCCC1=C(C(=O)O)CN(C(=O)OCc2ccccc2)C1. The number of carbonyl (C=O) groups excluding carboxylic acids is 1. The van der Waals surface area contributed by atoms with Crippen LogP contribution in [0.15, 0.2) is 41.5 Å². The number of hydrogen-bond acceptors (Lipinski definition) is 3. The standard InChI is InChI=1S/C16H19NO4/c1-2-6-13-9-17(10-14(13)15(18)19)16(20)21-11-12-7-4-3-5-8-12/h3-5,7-8H,2,6,9-11H2,1H3,(H,18,19). The zero-order valence-corrected chi connectivity index (χ0v) is 12.0. The van der Waals surface area contributed by atoms with Crippen molar-refractivity contribution in [2.45, 2.75) is 26.4 Å². The number of amides is 1. The Bertz CT molecular complexity index is 551. The van der Waals surface area contributed by atoms with Gasteiger partial charge in [0.1, 0.15) is 6.61 Å². The summed E-state index contributed by atoms with van der Waals surface area (Å²) in [5.41, 5.74) is 2.06. The lowest BCUT2D eigenvalue weighted by atomic mass is 10.1. The van der Waals surface area contributed by atoms with E-state index < -0.39 is 12.1 Å². The first-order chi connectivity index (χ1) is 10.1. The number of rotatable bonds is 5. The number of benzene rings is 1. The van der Waals surface area contributed by atoms with Crippen molar-refractivity contribution in [3.8, 4) is 0 Å². The molecule has 0 spiro atoms. The maximum absolute atomic E-state index is 12.0. The average Bonchev–Trinajstić information content (AvgIpc) is 2.90. The third-order valence-corrected chi connectivity index (χ3v) is 3.43. The predicted molar refractivity (Wildman–Crippen MR) is 77.8 cm³/mol. The van der Waals surface area contributed by atoms with Gasteiger partial charge in [-0.2, -0.15) is 0 Å². The van der Waals surface area contributed by atoms with Crippen LogP contribution in [-0.2, 0) is 16.1 Å². The second-order valence-electron chi connectivity index (χ2n) is 5.03. The number of hydrogen-bond donors (Lipinski definition) is 1. The summed E-state index contributed by atoms with van der Waals surface area (Å²) in [6, 6.07) is 9.40. The Morgan fingerprint density at radius 2 is 1.95 bits per heavy atom. The summed E-state index contributed by atoms with van der Waals surface area (Å²) < 4.78 is 5.23. The topological polar surface area (TPSA) is 66.8 Å². The van der Waals surface area contributed by atoms with Crippen LogP contribution < -0.4 is 0 Å². The van der Waals surface area contributed by atoms with E-state index in [9.17, 15) is 14.7 Å². The van der Waals surface area contributed by atoms with E-state index in [1.54, 1.807) is 0 Å². The second-order valence-corrected chi connectivity index (χ2v) is 5.03. The van der Waals surface area contributed by atoms with E-state index in [1.807, 2.05) is 37.3 Å². The van der Waals surface area contributed by atoms with Gasteiger partial charge < -0.3 is 9.84 Å². The van der Waals surface area contributed by atoms with Gasteiger partial charge in [-0.25, -0.2) is 9.59 Å². The predicted octanol–water partition coefficient (Wildman–Crippen LogP) is 2.82. The van der Waals surface area contributed by atoms with Crippen LogP contribution in [0.4, 0.5) is 4.79 Å². The van der Waals surface area contributed by atoms with E-state index >= 15 is 0 Å². The maximum Gasteiger partial charge on any atom is 0.410 e. The molecule has 0 bridgehead atoms. The fourth-order valence-electron chi connectivity index (χ4n) is 2.37. The molecule has 0 saturated heterocycles. The summed E-state index contributed by atoms with van der Waals surface area (Å²) in [5, 5.41) is 9.18. The normalized spacial score (nSPS) is 14.4. The first-order valence-electron chi connectivity index (χ1n) is 7.01. The third kappa shape index (κ3) is 3.84. The van der Waals surface area contributed by atoms with Crippen LogP contribution in [0.3, 0.4) is 0 Å². The summed E-state index contributed by atoms with van der Waals surface area (Å²) in [6.45, 7) is 2.66. The van der Waals surface area contributed by atoms with Gasteiger partial charge in [-0.1, -0.05) is 43.7 Å². The van der Waals surface area contributed by atoms with Gasteiger partial charge in [0.15, 0.2) is 0 Å². The molecule has 21 heavy (non-hydrogen) atoms. The van der Waals surface area contributed by atoms with Gasteiger partial charge in [-0.3, -0.25) is 4.90 Å². The number of carboxylic acids is 1. The average molecular weight is 289 g/mol. The molecule has 0 aromatic heterocycles. The van der Waals surface area contributed by atoms with Crippen molar-refractivity contribution in [3.05, 3.63) is 47.0 Å². The molecule has 0 fully saturated rings. The van der Waals surface area contributed by atoms with Gasteiger partial charge in [0.05, 0.1) is 12.1 Å². The van der Waals surface area contributed by atoms with E-state index in [2.05, 4.69) is 0 Å². The molecular formula is C16H19NO4. The van der Waals surface area contributed by atoms with Gasteiger partial charge >= 0.3 is 12.1 Å². The fraction of sp³-hybridized carbons (Fsp3) is 0.375. The van der Waals surface area contributed by atoms with Crippen LogP contribution in [0, 0.1) is 0 Å². The first kappa shape index (κ1) is 15.1. The molecule has 1 aromatic carbocycles. The van der Waals surface area contributed by atoms with Crippen molar-refractivity contribution in [2.24, 2.45) is 0 Å². The molecule has 1 heterocycles. The monoisotopic (exact) mass is 289 g/mol. The smallest absolute Gasteiger partial charge is 0.410 e. The van der Waals surface area contributed by atoms with Gasteiger partial charge in [0.25, 0.3) is 0 Å².